The van der Waals surface area contributed by atoms with Crippen molar-refractivity contribution in [2.24, 2.45) is 0 Å². The SMILES string of the molecule is [Ce+3].[Gd+3].[O-2].[O]=[Co].[Sm+3].[Sr+2]. The fraction of sp³-hybridized carbons (Fsp3) is 0. The molecule has 0 atom stereocenters. The summed E-state index contributed by atoms with van der Waals surface area (Å²) >= 11 is 2.31. The first-order valence-electron chi connectivity index (χ1n) is 0.136. The molecule has 7 heteroatoms. The normalized spacial score (nSPS) is 0.714. The maximum Gasteiger partial charge on any atom is 3.00 e. The molecule has 0 aromatic heterocycles. The molecule has 2 nitrogen and oxygen atoms in total. The van der Waals surface area contributed by atoms with E-state index in [0.29, 0.717) is 0 Å². The Bertz CT molecular complexity index is 17.7. The molecule has 0 aliphatic carbocycles. The van der Waals surface area contributed by atoms with E-state index in [2.05, 4.69) is 15.7 Å². The molecule has 0 fully saturated rings. The minimum atomic E-state index is 0. The Morgan fingerprint density at radius 3 is 1.14 bits per heavy atom. The van der Waals surface area contributed by atoms with Gasteiger partial charge < -0.3 is 5.48 Å². The van der Waals surface area contributed by atoms with E-state index in [-0.39, 0.29) is 173 Å². The van der Waals surface area contributed by atoms with Crippen molar-refractivity contribution in [3.8, 4) is 0 Å². The van der Waals surface area contributed by atoms with E-state index >= 15 is 0 Å². The second-order valence-corrected chi connectivity index (χ2v) is 0. The van der Waals surface area contributed by atoms with Crippen LogP contribution in [0, 0.1) is 122 Å². The van der Waals surface area contributed by atoms with Crippen molar-refractivity contribution in [3.05, 3.63) is 0 Å². The number of hydrogen-bond donors (Lipinski definition) is 0. The summed E-state index contributed by atoms with van der Waals surface area (Å²) in [7, 11) is 0. The van der Waals surface area contributed by atoms with Gasteiger partial charge in [-0.25, -0.2) is 0 Å². The monoisotopic (exact) mass is 629 g/mol. The molecule has 3 radical (unpaired) electrons. The topological polar surface area (TPSA) is 45.6 Å². The summed E-state index contributed by atoms with van der Waals surface area (Å²) in [5.74, 6) is 0. The van der Waals surface area contributed by atoms with Crippen LogP contribution in [0.4, 0.5) is 0 Å². The van der Waals surface area contributed by atoms with E-state index in [4.69, 9.17) is 3.87 Å². The predicted molar refractivity (Wildman–Crippen MR) is 7.13 cm³/mol. The minimum Gasteiger partial charge on any atom is 2.00 e. The van der Waals surface area contributed by atoms with Crippen molar-refractivity contribution in [2.45, 2.75) is 0 Å². The zero-order valence-electron chi connectivity index (χ0n) is 3.12. The second kappa shape index (κ2) is 41.0. The first kappa shape index (κ1) is 38.6. The van der Waals surface area contributed by atoms with Gasteiger partial charge in [-0.2, -0.15) is 0 Å². The Morgan fingerprint density at radius 1 is 1.14 bits per heavy atom. The molecular weight excluding hydrogens is 626 g/mol. The minimum absolute atomic E-state index is 0. The van der Waals surface area contributed by atoms with Gasteiger partial charge in [0, 0.05) is 0 Å². The van der Waals surface area contributed by atoms with E-state index in [1.165, 1.54) is 0 Å². The van der Waals surface area contributed by atoms with Crippen molar-refractivity contribution in [3.63, 3.8) is 0 Å². The van der Waals surface area contributed by atoms with Gasteiger partial charge in [0.2, 0.25) is 0 Å². The third-order valence-corrected chi connectivity index (χ3v) is 0. The number of rotatable bonds is 0. The maximum atomic E-state index is 7.94. The molecule has 0 N–H and O–H groups in total. The van der Waals surface area contributed by atoms with Crippen LogP contribution in [0.2, 0.25) is 0 Å². The summed E-state index contributed by atoms with van der Waals surface area (Å²) in [4.78, 5) is 0. The molecular formula is CeCoGdO2SmSr+9. The van der Waals surface area contributed by atoms with Crippen LogP contribution in [0.15, 0.2) is 0 Å². The van der Waals surface area contributed by atoms with Crippen LogP contribution >= 0.6 is 0 Å². The van der Waals surface area contributed by atoms with Crippen LogP contribution < -0.4 is 0 Å². The Hall–Kier alpha value is 5.79. The van der Waals surface area contributed by atoms with Crippen LogP contribution in [0.1, 0.15) is 0 Å². The molecule has 0 saturated carbocycles. The predicted octanol–water partition coefficient (Wildman–Crippen LogP) is -0.621. The molecule has 0 aliphatic rings. The molecule has 0 saturated heterocycles. The van der Waals surface area contributed by atoms with E-state index in [0.717, 1.165) is 0 Å². The standard InChI is InChI=1S/Ce.Co.Gd.2O.Sm.Sr/q+3;;+3;;-2;+3;+2. The largest absolute Gasteiger partial charge is 3.00 e. The van der Waals surface area contributed by atoms with Gasteiger partial charge >= 0.3 is 187 Å². The molecule has 0 amide bonds. The summed E-state index contributed by atoms with van der Waals surface area (Å²) < 4.78 is 7.94. The molecule has 0 bridgehead atoms. The number of hydrogen-bond acceptors (Lipinski definition) is 1. The van der Waals surface area contributed by atoms with E-state index in [1.807, 2.05) is 0 Å². The van der Waals surface area contributed by atoms with Crippen LogP contribution in [-0.4, -0.2) is 45.5 Å². The molecule has 0 aliphatic heterocycles. The Morgan fingerprint density at radius 2 is 1.14 bits per heavy atom. The Balaban J connectivity index is -0.000000000500. The Kier molecular flexibility index (Phi) is 226. The average molecular weight is 626 g/mol. The van der Waals surface area contributed by atoms with Gasteiger partial charge in [-0.05, 0) is 0 Å². The van der Waals surface area contributed by atoms with E-state index in [1.54, 1.807) is 0 Å². The molecule has 0 heterocycles. The molecule has 0 spiro atoms. The molecule has 0 aromatic rings. The van der Waals surface area contributed by atoms with Crippen LogP contribution in [0.25, 0.3) is 0 Å². The van der Waals surface area contributed by atoms with Gasteiger partial charge in [-0.15, -0.1) is 0 Å². The van der Waals surface area contributed by atoms with E-state index in [9.17, 15) is 0 Å². The quantitative estimate of drug-likeness (QED) is 0.331. The smallest absolute Gasteiger partial charge is 2.00 e. The van der Waals surface area contributed by atoms with Gasteiger partial charge in [0.15, 0.2) is 0 Å². The molecule has 0 unspecified atom stereocenters. The molecule has 0 aromatic carbocycles. The third-order valence-electron chi connectivity index (χ3n) is 0. The van der Waals surface area contributed by atoms with Crippen molar-refractivity contribution in [2.75, 3.05) is 0 Å². The van der Waals surface area contributed by atoms with Gasteiger partial charge in [0.05, 0.1) is 0 Å². The third kappa shape index (κ3) is 33.7. The summed E-state index contributed by atoms with van der Waals surface area (Å²) in [6.07, 6.45) is 0. The van der Waals surface area contributed by atoms with Gasteiger partial charge in [0.25, 0.3) is 0 Å². The fourth-order valence-electron chi connectivity index (χ4n) is 0. The Labute approximate surface area is 186 Å². The van der Waals surface area contributed by atoms with Crippen LogP contribution in [0.3, 0.4) is 0 Å². The van der Waals surface area contributed by atoms with Gasteiger partial charge in [-0.1, -0.05) is 0 Å². The van der Waals surface area contributed by atoms with Gasteiger partial charge in [-0.3, -0.25) is 0 Å². The summed E-state index contributed by atoms with van der Waals surface area (Å²) in [6, 6.07) is 0. The van der Waals surface area contributed by atoms with Crippen molar-refractivity contribution < 1.29 is 147 Å². The first-order chi connectivity index (χ1) is 1.00. The summed E-state index contributed by atoms with van der Waals surface area (Å²) in [5, 5.41) is 0. The van der Waals surface area contributed by atoms with Crippen molar-refractivity contribution >= 4 is 45.5 Å². The van der Waals surface area contributed by atoms with Crippen LogP contribution in [0.5, 0.6) is 0 Å². The first-order valence-corrected chi connectivity index (χ1v) is 0.561. The zero-order chi connectivity index (χ0) is 2.00. The van der Waals surface area contributed by atoms with Crippen LogP contribution in [-0.2, 0) is 25.0 Å². The van der Waals surface area contributed by atoms with Crippen molar-refractivity contribution in [1.29, 1.82) is 0 Å². The zero-order valence-corrected chi connectivity index (χ0v) is 15.7. The fourth-order valence-corrected chi connectivity index (χ4v) is 0. The van der Waals surface area contributed by atoms with Gasteiger partial charge in [0.1, 0.15) is 0 Å². The molecule has 0 rings (SSSR count). The summed E-state index contributed by atoms with van der Waals surface area (Å²) in [5.41, 5.74) is 0. The molecule has 7 heavy (non-hydrogen) atoms. The molecule has 32 valence electrons. The van der Waals surface area contributed by atoms with E-state index < -0.39 is 0 Å². The summed E-state index contributed by atoms with van der Waals surface area (Å²) in [6.45, 7) is 0. The second-order valence-electron chi connectivity index (χ2n) is 0. The average Bonchev–Trinajstić information content (AvgIpc) is 1.00. The van der Waals surface area contributed by atoms with Crippen molar-refractivity contribution in [1.82, 2.24) is 0 Å². The maximum absolute atomic E-state index is 7.94.